The van der Waals surface area contributed by atoms with Crippen LogP contribution >= 0.6 is 11.8 Å². The molecule has 5 nitrogen and oxygen atoms in total. The Labute approximate surface area is 134 Å². The first-order chi connectivity index (χ1) is 10.3. The molecule has 2 aliphatic rings. The predicted molar refractivity (Wildman–Crippen MR) is 90.3 cm³/mol. The van der Waals surface area contributed by atoms with Crippen LogP contribution in [0.4, 0.5) is 5.69 Å². The van der Waals surface area contributed by atoms with E-state index < -0.39 is 9.84 Å². The highest BCUT2D eigenvalue weighted by atomic mass is 32.2. The molecule has 0 aliphatic carbocycles. The molecule has 1 amide bonds. The van der Waals surface area contributed by atoms with Crippen LogP contribution in [0.25, 0.3) is 0 Å². The van der Waals surface area contributed by atoms with Gasteiger partial charge in [0.05, 0.1) is 17.5 Å². The van der Waals surface area contributed by atoms with Crippen molar-refractivity contribution in [1.29, 1.82) is 0 Å². The molecule has 7 heteroatoms. The fraction of sp³-hybridized carbons (Fsp3) is 0.467. The lowest BCUT2D eigenvalue weighted by atomic mass is 10.1. The molecule has 3 rings (SSSR count). The molecule has 2 atom stereocenters. The Hall–Kier alpha value is -1.34. The Morgan fingerprint density at radius 2 is 2.05 bits per heavy atom. The van der Waals surface area contributed by atoms with Gasteiger partial charge in [-0.2, -0.15) is 4.99 Å². The van der Waals surface area contributed by atoms with Gasteiger partial charge in [-0.05, 0) is 31.0 Å². The predicted octanol–water partition coefficient (Wildman–Crippen LogP) is 1.92. The lowest BCUT2D eigenvalue weighted by Crippen LogP contribution is -2.38. The molecule has 0 spiro atoms. The summed E-state index contributed by atoms with van der Waals surface area (Å²) in [5.41, 5.74) is 3.08. The molecule has 1 aromatic carbocycles. The molecular weight excluding hydrogens is 320 g/mol. The van der Waals surface area contributed by atoms with Crippen molar-refractivity contribution in [1.82, 2.24) is 0 Å². The molecule has 1 aromatic rings. The number of fused-ring (bicyclic) bond motifs is 1. The summed E-state index contributed by atoms with van der Waals surface area (Å²) < 4.78 is 23.9. The number of aryl methyl sites for hydroxylation is 2. The number of rotatable bonds is 1. The number of hydrogen-bond acceptors (Lipinski definition) is 4. The smallest absolute Gasteiger partial charge is 0.244 e. The van der Waals surface area contributed by atoms with Crippen LogP contribution in [-0.2, 0) is 14.6 Å². The Balaban J connectivity index is 2.10. The fourth-order valence-electron chi connectivity index (χ4n) is 2.96. The molecule has 2 aliphatic heterocycles. The summed E-state index contributed by atoms with van der Waals surface area (Å²) in [6, 6.07) is 5.91. The zero-order chi connectivity index (χ0) is 16.1. The van der Waals surface area contributed by atoms with Crippen LogP contribution in [0.15, 0.2) is 23.2 Å². The number of carbonyl (C=O) groups excluding carboxylic acids is 1. The van der Waals surface area contributed by atoms with Gasteiger partial charge in [0.2, 0.25) is 5.91 Å². The summed E-state index contributed by atoms with van der Waals surface area (Å²) in [6.45, 7) is 5.40. The van der Waals surface area contributed by atoms with Gasteiger partial charge in [0.25, 0.3) is 0 Å². The van der Waals surface area contributed by atoms with Gasteiger partial charge in [-0.25, -0.2) is 8.42 Å². The Morgan fingerprint density at radius 1 is 1.32 bits per heavy atom. The van der Waals surface area contributed by atoms with Crippen LogP contribution < -0.4 is 4.90 Å². The summed E-state index contributed by atoms with van der Waals surface area (Å²) >= 11 is 1.41. The van der Waals surface area contributed by atoms with E-state index in [2.05, 4.69) is 4.99 Å². The van der Waals surface area contributed by atoms with Crippen molar-refractivity contribution in [3.8, 4) is 0 Å². The average molecular weight is 338 g/mol. The first-order valence-electron chi connectivity index (χ1n) is 7.10. The van der Waals surface area contributed by atoms with Crippen molar-refractivity contribution in [2.24, 2.45) is 4.99 Å². The Bertz CT molecular complexity index is 771. The van der Waals surface area contributed by atoms with E-state index in [1.807, 2.05) is 36.9 Å². The maximum absolute atomic E-state index is 12.0. The average Bonchev–Trinajstić information content (AvgIpc) is 2.83. The number of sulfone groups is 1. The number of hydrogen-bond donors (Lipinski definition) is 0. The molecule has 0 N–H and O–H groups in total. The zero-order valence-electron chi connectivity index (χ0n) is 12.7. The molecule has 0 bridgehead atoms. The van der Waals surface area contributed by atoms with Crippen LogP contribution in [0, 0.1) is 13.8 Å². The number of nitrogens with zero attached hydrogens (tertiary/aromatic N) is 2. The van der Waals surface area contributed by atoms with E-state index in [1.165, 1.54) is 18.7 Å². The molecule has 0 aromatic heterocycles. The third kappa shape index (κ3) is 2.79. The first-order valence-corrected chi connectivity index (χ1v) is 9.80. The Morgan fingerprint density at radius 3 is 2.73 bits per heavy atom. The van der Waals surface area contributed by atoms with Gasteiger partial charge >= 0.3 is 0 Å². The quantitative estimate of drug-likeness (QED) is 0.783. The lowest BCUT2D eigenvalue weighted by Gasteiger charge is -2.26. The van der Waals surface area contributed by atoms with Gasteiger partial charge in [0.1, 0.15) is 0 Å². The van der Waals surface area contributed by atoms with E-state index in [0.717, 1.165) is 16.8 Å². The van der Waals surface area contributed by atoms with Gasteiger partial charge in [-0.1, -0.05) is 23.9 Å². The molecule has 118 valence electrons. The van der Waals surface area contributed by atoms with Gasteiger partial charge in [0, 0.05) is 17.9 Å². The fourth-order valence-corrected chi connectivity index (χ4v) is 6.91. The molecule has 0 unspecified atom stereocenters. The second kappa shape index (κ2) is 5.38. The molecule has 2 fully saturated rings. The maximum Gasteiger partial charge on any atom is 0.244 e. The SMILES string of the molecule is CC(=O)N=C1S[C@@H]2CS(=O)(=O)C[C@H]2N1c1cc(C)ccc1C. The Kier molecular flexibility index (Phi) is 3.81. The number of thioether (sulfide) groups is 1. The standard InChI is InChI=1S/C15H18N2O3S2/c1-9-4-5-10(2)12(6-9)17-13-7-22(19,20)8-14(13)21-15(17)16-11(3)18/h4-6,13-14H,7-8H2,1-3H3/t13-,14-/m1/s1. The van der Waals surface area contributed by atoms with Gasteiger partial charge in [0.15, 0.2) is 15.0 Å². The minimum absolute atomic E-state index is 0.0528. The highest BCUT2D eigenvalue weighted by molar-refractivity contribution is 8.16. The van der Waals surface area contributed by atoms with Crippen molar-refractivity contribution < 1.29 is 13.2 Å². The number of carbonyl (C=O) groups is 1. The third-order valence-electron chi connectivity index (χ3n) is 3.94. The molecule has 0 radical (unpaired) electrons. The number of anilines is 1. The second-order valence-corrected chi connectivity index (χ2v) is 9.23. The van der Waals surface area contributed by atoms with Crippen LogP contribution in [0.5, 0.6) is 0 Å². The monoisotopic (exact) mass is 338 g/mol. The summed E-state index contributed by atoms with van der Waals surface area (Å²) in [4.78, 5) is 17.5. The normalized spacial score (nSPS) is 28.1. The number of aliphatic imine (C=N–C) groups is 1. The summed E-state index contributed by atoms with van der Waals surface area (Å²) in [5, 5.41) is 0.564. The van der Waals surface area contributed by atoms with Gasteiger partial charge in [-0.15, -0.1) is 0 Å². The third-order valence-corrected chi connectivity index (χ3v) is 7.15. The zero-order valence-corrected chi connectivity index (χ0v) is 14.4. The van der Waals surface area contributed by atoms with Crippen LogP contribution in [0.1, 0.15) is 18.1 Å². The summed E-state index contributed by atoms with van der Waals surface area (Å²) in [6.07, 6.45) is 0. The van der Waals surface area contributed by atoms with Crippen molar-refractivity contribution >= 4 is 38.4 Å². The second-order valence-electron chi connectivity index (χ2n) is 5.87. The van der Waals surface area contributed by atoms with Crippen molar-refractivity contribution in [2.75, 3.05) is 16.4 Å². The first kappa shape index (κ1) is 15.6. The van der Waals surface area contributed by atoms with Gasteiger partial charge in [-0.3, -0.25) is 4.79 Å². The van der Waals surface area contributed by atoms with Crippen molar-refractivity contribution in [3.05, 3.63) is 29.3 Å². The maximum atomic E-state index is 12.0. The summed E-state index contributed by atoms with van der Waals surface area (Å²) in [5.74, 6) is 0.0101. The topological polar surface area (TPSA) is 66.8 Å². The number of benzene rings is 1. The van der Waals surface area contributed by atoms with E-state index in [9.17, 15) is 13.2 Å². The minimum Gasteiger partial charge on any atom is -0.315 e. The molecule has 22 heavy (non-hydrogen) atoms. The lowest BCUT2D eigenvalue weighted by molar-refractivity contribution is -0.115. The van der Waals surface area contributed by atoms with E-state index in [-0.39, 0.29) is 28.7 Å². The number of amidine groups is 1. The minimum atomic E-state index is -3.02. The van der Waals surface area contributed by atoms with Crippen LogP contribution in [0.3, 0.4) is 0 Å². The number of amides is 1. The molecule has 2 saturated heterocycles. The highest BCUT2D eigenvalue weighted by Crippen LogP contribution is 2.42. The largest absolute Gasteiger partial charge is 0.315 e. The van der Waals surface area contributed by atoms with Crippen LogP contribution in [-0.4, -0.2) is 42.3 Å². The highest BCUT2D eigenvalue weighted by Gasteiger charge is 2.49. The van der Waals surface area contributed by atoms with E-state index in [0.29, 0.717) is 5.17 Å². The summed E-state index contributed by atoms with van der Waals surface area (Å²) in [7, 11) is -3.02. The van der Waals surface area contributed by atoms with E-state index in [1.54, 1.807) is 0 Å². The van der Waals surface area contributed by atoms with Crippen molar-refractivity contribution in [2.45, 2.75) is 32.1 Å². The molecule has 2 heterocycles. The van der Waals surface area contributed by atoms with Crippen LogP contribution in [0.2, 0.25) is 0 Å². The van der Waals surface area contributed by atoms with Crippen molar-refractivity contribution in [3.63, 3.8) is 0 Å². The van der Waals surface area contributed by atoms with E-state index >= 15 is 0 Å². The molecular formula is C15H18N2O3S2. The molecule has 0 saturated carbocycles. The van der Waals surface area contributed by atoms with E-state index in [4.69, 9.17) is 0 Å². The van der Waals surface area contributed by atoms with Gasteiger partial charge < -0.3 is 4.90 Å².